The number of nitrogens with one attached hydrogen (secondary N) is 1. The van der Waals surface area contributed by atoms with Crippen LogP contribution in [0, 0.1) is 10.1 Å². The second-order valence-electron chi connectivity index (χ2n) is 4.30. The number of rotatable bonds is 4. The highest BCUT2D eigenvalue weighted by Gasteiger charge is 2.51. The van der Waals surface area contributed by atoms with Gasteiger partial charge in [-0.2, -0.15) is 0 Å². The number of nitrogens with zero attached hydrogens (tertiary/aromatic N) is 1. The first-order valence-electron chi connectivity index (χ1n) is 5.35. The van der Waals surface area contributed by atoms with E-state index in [2.05, 4.69) is 5.32 Å². The van der Waals surface area contributed by atoms with E-state index in [0.29, 0.717) is 12.8 Å². The van der Waals surface area contributed by atoms with Crippen LogP contribution in [0.2, 0.25) is 5.02 Å². The molecule has 0 saturated heterocycles. The average molecular weight is 285 g/mol. The topological polar surface area (TPSA) is 110 Å². The van der Waals surface area contributed by atoms with E-state index < -0.39 is 22.3 Å². The molecule has 1 saturated carbocycles. The van der Waals surface area contributed by atoms with Gasteiger partial charge in [0, 0.05) is 22.7 Å². The van der Waals surface area contributed by atoms with Crippen LogP contribution in [0.3, 0.4) is 0 Å². The molecule has 0 unspecified atom stereocenters. The number of carboxylic acids is 1. The van der Waals surface area contributed by atoms with Gasteiger partial charge in [0.1, 0.15) is 5.54 Å². The van der Waals surface area contributed by atoms with Gasteiger partial charge in [-0.15, -0.1) is 0 Å². The fourth-order valence-electron chi connectivity index (χ4n) is 1.62. The Labute approximate surface area is 112 Å². The first-order chi connectivity index (χ1) is 8.84. The predicted octanol–water partition coefficient (Wildman–Crippen LogP) is 1.60. The lowest BCUT2D eigenvalue weighted by molar-refractivity contribution is -0.384. The van der Waals surface area contributed by atoms with Gasteiger partial charge >= 0.3 is 5.97 Å². The monoisotopic (exact) mass is 284 g/mol. The van der Waals surface area contributed by atoms with Crippen molar-refractivity contribution < 1.29 is 19.6 Å². The summed E-state index contributed by atoms with van der Waals surface area (Å²) in [5.41, 5.74) is -1.60. The Morgan fingerprint density at radius 1 is 1.37 bits per heavy atom. The van der Waals surface area contributed by atoms with Crippen LogP contribution in [0.1, 0.15) is 23.2 Å². The van der Waals surface area contributed by atoms with Gasteiger partial charge in [0.2, 0.25) is 0 Å². The van der Waals surface area contributed by atoms with Crippen molar-refractivity contribution in [2.75, 3.05) is 0 Å². The number of carboxylic acid groups (broad SMARTS) is 1. The zero-order valence-electron chi connectivity index (χ0n) is 9.55. The number of hydrogen-bond donors (Lipinski definition) is 2. The summed E-state index contributed by atoms with van der Waals surface area (Å²) >= 11 is 5.69. The number of nitro groups is 1. The van der Waals surface area contributed by atoms with Crippen LogP contribution in [0.4, 0.5) is 5.69 Å². The molecule has 0 atom stereocenters. The first kappa shape index (κ1) is 13.3. The highest BCUT2D eigenvalue weighted by molar-refractivity contribution is 6.31. The minimum Gasteiger partial charge on any atom is -0.480 e. The highest BCUT2D eigenvalue weighted by Crippen LogP contribution is 2.36. The van der Waals surface area contributed by atoms with Gasteiger partial charge in [0.25, 0.3) is 11.6 Å². The highest BCUT2D eigenvalue weighted by atomic mass is 35.5. The van der Waals surface area contributed by atoms with Crippen molar-refractivity contribution in [1.82, 2.24) is 5.32 Å². The fraction of sp³-hybridized carbons (Fsp3) is 0.273. The minimum atomic E-state index is -1.24. The molecule has 0 radical (unpaired) electrons. The van der Waals surface area contributed by atoms with Gasteiger partial charge < -0.3 is 10.4 Å². The van der Waals surface area contributed by atoms with Crippen molar-refractivity contribution >= 4 is 29.2 Å². The van der Waals surface area contributed by atoms with E-state index in [9.17, 15) is 19.7 Å². The second-order valence-corrected chi connectivity index (χ2v) is 4.73. The van der Waals surface area contributed by atoms with Crippen LogP contribution >= 0.6 is 11.6 Å². The average Bonchev–Trinajstić information content (AvgIpc) is 3.09. The van der Waals surface area contributed by atoms with Crippen LogP contribution in [-0.4, -0.2) is 27.4 Å². The smallest absolute Gasteiger partial charge is 0.329 e. The van der Waals surface area contributed by atoms with Gasteiger partial charge in [-0.25, -0.2) is 4.79 Å². The van der Waals surface area contributed by atoms with Crippen LogP contribution in [0.25, 0.3) is 0 Å². The predicted molar refractivity (Wildman–Crippen MR) is 65.2 cm³/mol. The summed E-state index contributed by atoms with van der Waals surface area (Å²) in [6.07, 6.45) is 0.688. The number of hydrogen-bond acceptors (Lipinski definition) is 4. The molecule has 7 nitrogen and oxygen atoms in total. The zero-order valence-corrected chi connectivity index (χ0v) is 10.3. The number of aliphatic carboxylic acids is 1. The summed E-state index contributed by atoms with van der Waals surface area (Å²) < 4.78 is 0. The molecule has 1 aromatic rings. The van der Waals surface area contributed by atoms with Gasteiger partial charge in [-0.05, 0) is 18.9 Å². The normalized spacial score (nSPS) is 15.6. The summed E-state index contributed by atoms with van der Waals surface area (Å²) in [6.45, 7) is 0. The lowest BCUT2D eigenvalue weighted by atomic mass is 10.1. The largest absolute Gasteiger partial charge is 0.480 e. The van der Waals surface area contributed by atoms with Crippen molar-refractivity contribution in [3.63, 3.8) is 0 Å². The maximum atomic E-state index is 11.9. The molecule has 0 aliphatic heterocycles. The Morgan fingerprint density at radius 2 is 2.00 bits per heavy atom. The standard InChI is InChI=1S/C11H9ClN2O5/c12-7-3-6(4-8(5-7)14(18)19)9(15)13-11(1-2-11)10(16)17/h3-5H,1-2H2,(H,13,15)(H,16,17). The van der Waals surface area contributed by atoms with Crippen LogP contribution < -0.4 is 5.32 Å². The molecule has 0 heterocycles. The van der Waals surface area contributed by atoms with Crippen LogP contribution in [0.15, 0.2) is 18.2 Å². The Bertz CT molecular complexity index is 582. The summed E-state index contributed by atoms with van der Waals surface area (Å²) in [4.78, 5) is 32.8. The molecule has 1 aliphatic rings. The third-order valence-corrected chi connectivity index (χ3v) is 3.09. The molecule has 1 fully saturated rings. The van der Waals surface area contributed by atoms with E-state index >= 15 is 0 Å². The maximum absolute atomic E-state index is 11.9. The maximum Gasteiger partial charge on any atom is 0.329 e. The van der Waals surface area contributed by atoms with Crippen molar-refractivity contribution in [3.05, 3.63) is 38.9 Å². The Kier molecular flexibility index (Phi) is 3.15. The number of benzene rings is 1. The number of carbonyl (C=O) groups is 2. The molecular weight excluding hydrogens is 276 g/mol. The first-order valence-corrected chi connectivity index (χ1v) is 5.73. The van der Waals surface area contributed by atoms with Crippen molar-refractivity contribution in [2.24, 2.45) is 0 Å². The quantitative estimate of drug-likeness (QED) is 0.644. The molecule has 2 N–H and O–H groups in total. The lowest BCUT2D eigenvalue weighted by Gasteiger charge is -2.12. The van der Waals surface area contributed by atoms with Crippen LogP contribution in [0.5, 0.6) is 0 Å². The summed E-state index contributed by atoms with van der Waals surface area (Å²) in [5, 5.41) is 22.0. The molecule has 100 valence electrons. The molecule has 1 amide bonds. The number of amides is 1. The SMILES string of the molecule is O=C(NC1(C(=O)O)CC1)c1cc(Cl)cc([N+](=O)[O-])c1. The Hall–Kier alpha value is -2.15. The van der Waals surface area contributed by atoms with Crippen molar-refractivity contribution in [2.45, 2.75) is 18.4 Å². The summed E-state index contributed by atoms with van der Waals surface area (Å²) in [7, 11) is 0. The van der Waals surface area contributed by atoms with E-state index in [1.807, 2.05) is 0 Å². The number of carbonyl (C=O) groups excluding carboxylic acids is 1. The van der Waals surface area contributed by atoms with Gasteiger partial charge in [-0.1, -0.05) is 11.6 Å². The molecule has 0 spiro atoms. The molecule has 8 heteroatoms. The zero-order chi connectivity index (χ0) is 14.2. The third kappa shape index (κ3) is 2.65. The van der Waals surface area contributed by atoms with E-state index in [1.165, 1.54) is 6.07 Å². The Morgan fingerprint density at radius 3 is 2.47 bits per heavy atom. The van der Waals surface area contributed by atoms with Crippen molar-refractivity contribution in [3.8, 4) is 0 Å². The number of nitro benzene ring substituents is 1. The molecule has 0 aromatic heterocycles. The van der Waals surface area contributed by atoms with Gasteiger partial charge in [0.05, 0.1) is 4.92 Å². The molecule has 0 bridgehead atoms. The van der Waals surface area contributed by atoms with E-state index in [-0.39, 0.29) is 16.3 Å². The molecule has 19 heavy (non-hydrogen) atoms. The molecule has 1 aliphatic carbocycles. The lowest BCUT2D eigenvalue weighted by Crippen LogP contribution is -2.43. The van der Waals surface area contributed by atoms with Crippen LogP contribution in [-0.2, 0) is 4.79 Å². The Balaban J connectivity index is 2.25. The molecule has 1 aromatic carbocycles. The number of non-ortho nitro benzene ring substituents is 1. The fourth-order valence-corrected chi connectivity index (χ4v) is 1.85. The minimum absolute atomic E-state index is 0.0354. The summed E-state index contributed by atoms with van der Waals surface area (Å²) in [6, 6.07) is 3.42. The molecule has 2 rings (SSSR count). The van der Waals surface area contributed by atoms with E-state index in [4.69, 9.17) is 16.7 Å². The van der Waals surface area contributed by atoms with Crippen molar-refractivity contribution in [1.29, 1.82) is 0 Å². The van der Waals surface area contributed by atoms with Gasteiger partial charge in [0.15, 0.2) is 0 Å². The van der Waals surface area contributed by atoms with E-state index in [0.717, 1.165) is 12.1 Å². The van der Waals surface area contributed by atoms with Gasteiger partial charge in [-0.3, -0.25) is 14.9 Å². The second kappa shape index (κ2) is 4.51. The van der Waals surface area contributed by atoms with E-state index in [1.54, 1.807) is 0 Å². The molecular formula is C11H9ClN2O5. The third-order valence-electron chi connectivity index (χ3n) is 2.87. The summed E-state index contributed by atoms with van der Waals surface area (Å²) in [5.74, 6) is -1.80. The number of halogens is 1.